The minimum atomic E-state index is -0.986. The van der Waals surface area contributed by atoms with Gasteiger partial charge in [0.15, 0.2) is 0 Å². The van der Waals surface area contributed by atoms with E-state index in [1.165, 1.54) is 20.1 Å². The summed E-state index contributed by atoms with van der Waals surface area (Å²) in [6.07, 6.45) is 1.53. The second-order valence-corrected chi connectivity index (χ2v) is 6.09. The first kappa shape index (κ1) is 18.7. The van der Waals surface area contributed by atoms with Crippen molar-refractivity contribution < 1.29 is 28.7 Å². The van der Waals surface area contributed by atoms with E-state index in [2.05, 4.69) is 4.74 Å². The van der Waals surface area contributed by atoms with Crippen LogP contribution in [-0.2, 0) is 19.1 Å². The summed E-state index contributed by atoms with van der Waals surface area (Å²) in [4.78, 5) is 48.8. The Balaban J connectivity index is 2.19. The van der Waals surface area contributed by atoms with Crippen molar-refractivity contribution >= 4 is 40.9 Å². The van der Waals surface area contributed by atoms with Crippen LogP contribution >= 0.6 is 11.8 Å². The fourth-order valence-corrected chi connectivity index (χ4v) is 3.07. The molecule has 1 fully saturated rings. The average Bonchev–Trinajstić information content (AvgIpc) is 2.88. The number of thioether (sulfide) groups is 1. The van der Waals surface area contributed by atoms with E-state index in [1.54, 1.807) is 31.2 Å². The number of amides is 2. The number of hydrogen-bond donors (Lipinski definition) is 0. The standard InChI is InChI=1S/C17H17NO6S/c1-4-24-15(20)10(2)18-14(19)13(25-17(18)22)9-11-5-7-12(8-6-11)16(21)23-3/h5-10H,4H2,1-3H3/b13-9+/t10-/m0/s1. The number of hydrogen-bond acceptors (Lipinski definition) is 7. The van der Waals surface area contributed by atoms with Crippen molar-refractivity contribution in [3.63, 3.8) is 0 Å². The molecule has 0 aliphatic carbocycles. The molecule has 7 nitrogen and oxygen atoms in total. The summed E-state index contributed by atoms with van der Waals surface area (Å²) in [6.45, 7) is 3.26. The van der Waals surface area contributed by atoms with Gasteiger partial charge in [-0.25, -0.2) is 9.59 Å². The molecule has 25 heavy (non-hydrogen) atoms. The van der Waals surface area contributed by atoms with Crippen molar-refractivity contribution in [2.24, 2.45) is 0 Å². The van der Waals surface area contributed by atoms with Gasteiger partial charge in [0.1, 0.15) is 6.04 Å². The number of rotatable bonds is 5. The Bertz CT molecular complexity index is 740. The fourth-order valence-electron chi connectivity index (χ4n) is 2.17. The predicted molar refractivity (Wildman–Crippen MR) is 91.7 cm³/mol. The second-order valence-electron chi connectivity index (χ2n) is 5.09. The van der Waals surface area contributed by atoms with Gasteiger partial charge >= 0.3 is 11.9 Å². The summed E-state index contributed by atoms with van der Waals surface area (Å²) in [5.41, 5.74) is 1.02. The Morgan fingerprint density at radius 2 is 1.88 bits per heavy atom. The van der Waals surface area contributed by atoms with Crippen LogP contribution in [-0.4, -0.2) is 47.7 Å². The quantitative estimate of drug-likeness (QED) is 0.586. The number of nitrogens with zero attached hydrogens (tertiary/aromatic N) is 1. The SMILES string of the molecule is CCOC(=O)[C@H](C)N1C(=O)S/C(=C/c2ccc(C(=O)OC)cc2)C1=O. The van der Waals surface area contributed by atoms with Crippen molar-refractivity contribution in [1.29, 1.82) is 0 Å². The third-order valence-electron chi connectivity index (χ3n) is 3.47. The molecule has 0 unspecified atom stereocenters. The number of carbonyl (C=O) groups excluding carboxylic acids is 4. The molecule has 1 saturated heterocycles. The van der Waals surface area contributed by atoms with E-state index in [-0.39, 0.29) is 11.5 Å². The van der Waals surface area contributed by atoms with Crippen LogP contribution < -0.4 is 0 Å². The maximum absolute atomic E-state index is 12.4. The van der Waals surface area contributed by atoms with Gasteiger partial charge in [-0.1, -0.05) is 12.1 Å². The van der Waals surface area contributed by atoms with Crippen LogP contribution in [0.5, 0.6) is 0 Å². The Labute approximate surface area is 149 Å². The second kappa shape index (κ2) is 7.98. The summed E-state index contributed by atoms with van der Waals surface area (Å²) in [7, 11) is 1.29. The maximum atomic E-state index is 12.4. The highest BCUT2D eigenvalue weighted by atomic mass is 32.2. The van der Waals surface area contributed by atoms with Crippen LogP contribution in [0.25, 0.3) is 6.08 Å². The molecule has 0 aromatic heterocycles. The highest BCUT2D eigenvalue weighted by molar-refractivity contribution is 8.18. The number of methoxy groups -OCH3 is 1. The molecule has 0 N–H and O–H groups in total. The highest BCUT2D eigenvalue weighted by Crippen LogP contribution is 2.33. The first-order valence-corrected chi connectivity index (χ1v) is 8.32. The molecule has 2 rings (SSSR count). The van der Waals surface area contributed by atoms with E-state index >= 15 is 0 Å². The lowest BCUT2D eigenvalue weighted by Crippen LogP contribution is -2.42. The molecule has 1 aliphatic rings. The van der Waals surface area contributed by atoms with Crippen LogP contribution in [0.3, 0.4) is 0 Å². The smallest absolute Gasteiger partial charge is 0.337 e. The molecular weight excluding hydrogens is 346 g/mol. The van der Waals surface area contributed by atoms with E-state index in [0.717, 1.165) is 16.7 Å². The molecule has 1 atom stereocenters. The molecule has 2 amide bonds. The maximum Gasteiger partial charge on any atom is 0.337 e. The Hall–Kier alpha value is -2.61. The lowest BCUT2D eigenvalue weighted by Gasteiger charge is -2.19. The molecule has 0 saturated carbocycles. The molecule has 1 aliphatic heterocycles. The van der Waals surface area contributed by atoms with Crippen LogP contribution in [0.2, 0.25) is 0 Å². The topological polar surface area (TPSA) is 90.0 Å². The van der Waals surface area contributed by atoms with Gasteiger partial charge in [-0.2, -0.15) is 0 Å². The third kappa shape index (κ3) is 4.08. The lowest BCUT2D eigenvalue weighted by molar-refractivity contribution is -0.150. The molecule has 1 heterocycles. The van der Waals surface area contributed by atoms with E-state index in [1.807, 2.05) is 0 Å². The predicted octanol–water partition coefficient (Wildman–Crippen LogP) is 2.46. The molecule has 0 radical (unpaired) electrons. The third-order valence-corrected chi connectivity index (χ3v) is 4.35. The van der Waals surface area contributed by atoms with Gasteiger partial charge in [0.25, 0.3) is 11.1 Å². The number of imide groups is 1. The highest BCUT2D eigenvalue weighted by Gasteiger charge is 2.41. The first-order valence-electron chi connectivity index (χ1n) is 7.51. The lowest BCUT2D eigenvalue weighted by atomic mass is 10.1. The molecule has 1 aromatic rings. The number of benzene rings is 1. The fraction of sp³-hybridized carbons (Fsp3) is 0.294. The average molecular weight is 363 g/mol. The summed E-state index contributed by atoms with van der Waals surface area (Å²) >= 11 is 0.755. The minimum absolute atomic E-state index is 0.168. The van der Waals surface area contributed by atoms with Crippen LogP contribution in [0, 0.1) is 0 Å². The molecule has 1 aromatic carbocycles. The number of carbonyl (C=O) groups is 4. The zero-order chi connectivity index (χ0) is 18.6. The number of esters is 2. The van der Waals surface area contributed by atoms with Gasteiger partial charge in [0.05, 0.1) is 24.2 Å². The Morgan fingerprint density at radius 3 is 2.44 bits per heavy atom. The zero-order valence-electron chi connectivity index (χ0n) is 14.0. The Morgan fingerprint density at radius 1 is 1.24 bits per heavy atom. The van der Waals surface area contributed by atoms with Crippen LogP contribution in [0.4, 0.5) is 4.79 Å². The summed E-state index contributed by atoms with van der Waals surface area (Å²) in [5, 5.41) is -0.525. The summed E-state index contributed by atoms with van der Waals surface area (Å²) in [5.74, 6) is -1.64. The van der Waals surface area contributed by atoms with Gasteiger partial charge < -0.3 is 9.47 Å². The van der Waals surface area contributed by atoms with Crippen LogP contribution in [0.1, 0.15) is 29.8 Å². The molecular formula is C17H17NO6S. The van der Waals surface area contributed by atoms with Crippen molar-refractivity contribution in [1.82, 2.24) is 4.90 Å². The van der Waals surface area contributed by atoms with Crippen molar-refractivity contribution in [2.75, 3.05) is 13.7 Å². The minimum Gasteiger partial charge on any atom is -0.465 e. The Kier molecular flexibility index (Phi) is 5.97. The molecule has 8 heteroatoms. The summed E-state index contributed by atoms with van der Waals surface area (Å²) in [6, 6.07) is 5.40. The van der Waals surface area contributed by atoms with Gasteiger partial charge in [0.2, 0.25) is 0 Å². The monoisotopic (exact) mass is 363 g/mol. The van der Waals surface area contributed by atoms with Gasteiger partial charge in [0, 0.05) is 0 Å². The van der Waals surface area contributed by atoms with E-state index in [4.69, 9.17) is 4.74 Å². The van der Waals surface area contributed by atoms with E-state index in [9.17, 15) is 19.2 Å². The van der Waals surface area contributed by atoms with Gasteiger partial charge in [-0.15, -0.1) is 0 Å². The largest absolute Gasteiger partial charge is 0.465 e. The van der Waals surface area contributed by atoms with E-state index in [0.29, 0.717) is 11.1 Å². The molecule has 132 valence electrons. The number of ether oxygens (including phenoxy) is 2. The van der Waals surface area contributed by atoms with Crippen molar-refractivity contribution in [3.05, 3.63) is 40.3 Å². The van der Waals surface area contributed by atoms with Gasteiger partial charge in [-0.05, 0) is 49.4 Å². The van der Waals surface area contributed by atoms with Crippen molar-refractivity contribution in [2.45, 2.75) is 19.9 Å². The first-order chi connectivity index (χ1) is 11.9. The zero-order valence-corrected chi connectivity index (χ0v) is 14.8. The van der Waals surface area contributed by atoms with Crippen molar-refractivity contribution in [3.8, 4) is 0 Å². The molecule has 0 spiro atoms. The molecule has 0 bridgehead atoms. The van der Waals surface area contributed by atoms with Gasteiger partial charge in [-0.3, -0.25) is 14.5 Å². The normalized spacial score (nSPS) is 16.9. The summed E-state index contributed by atoms with van der Waals surface area (Å²) < 4.78 is 9.47. The van der Waals surface area contributed by atoms with E-state index < -0.39 is 29.1 Å². The van der Waals surface area contributed by atoms with Crippen LogP contribution in [0.15, 0.2) is 29.2 Å².